The molecule has 0 bridgehead atoms. The van der Waals surface area contributed by atoms with E-state index in [-0.39, 0.29) is 22.5 Å². The minimum Gasteiger partial charge on any atom is -0.350 e. The van der Waals surface area contributed by atoms with Gasteiger partial charge in [0, 0.05) is 17.7 Å². The number of halogens is 2. The molecule has 1 unspecified atom stereocenters. The van der Waals surface area contributed by atoms with Gasteiger partial charge in [-0.15, -0.1) is 0 Å². The normalized spacial score (nSPS) is 12.3. The van der Waals surface area contributed by atoms with E-state index in [1.165, 1.54) is 29.8 Å². The maximum Gasteiger partial charge on any atom is 0.244 e. The second kappa shape index (κ2) is 8.49. The summed E-state index contributed by atoms with van der Waals surface area (Å²) in [5.41, 5.74) is 1.46. The third-order valence-corrected chi connectivity index (χ3v) is 3.83. The average Bonchev–Trinajstić information content (AvgIpc) is 2.53. The molecule has 1 N–H and O–H groups in total. The van der Waals surface area contributed by atoms with Gasteiger partial charge in [-0.2, -0.15) is 0 Å². The van der Waals surface area contributed by atoms with E-state index < -0.39 is 5.82 Å². The summed E-state index contributed by atoms with van der Waals surface area (Å²) in [5.74, 6) is -0.705. The second-order valence-electron chi connectivity index (χ2n) is 5.40. The van der Waals surface area contributed by atoms with Gasteiger partial charge >= 0.3 is 0 Å². The van der Waals surface area contributed by atoms with Gasteiger partial charge in [-0.25, -0.2) is 4.39 Å². The number of rotatable bonds is 6. The van der Waals surface area contributed by atoms with Gasteiger partial charge < -0.3 is 5.32 Å². The van der Waals surface area contributed by atoms with Crippen LogP contribution in [-0.2, 0) is 11.2 Å². The van der Waals surface area contributed by atoms with Crippen molar-refractivity contribution in [2.45, 2.75) is 25.8 Å². The van der Waals surface area contributed by atoms with Gasteiger partial charge in [0.15, 0.2) is 0 Å². The summed E-state index contributed by atoms with van der Waals surface area (Å²) in [6.45, 7) is 1.95. The number of carbonyl (C=O) groups excluding carboxylic acids is 1. The molecular formula is C19H19ClFNO. The Labute approximate surface area is 141 Å². The summed E-state index contributed by atoms with van der Waals surface area (Å²) in [4.78, 5) is 11.9. The zero-order valence-electron chi connectivity index (χ0n) is 12.9. The largest absolute Gasteiger partial charge is 0.350 e. The van der Waals surface area contributed by atoms with E-state index in [0.717, 1.165) is 12.8 Å². The van der Waals surface area contributed by atoms with Gasteiger partial charge in [0.05, 0.1) is 5.02 Å². The summed E-state index contributed by atoms with van der Waals surface area (Å²) in [5, 5.41) is 3.15. The van der Waals surface area contributed by atoms with Gasteiger partial charge in [0.25, 0.3) is 0 Å². The lowest BCUT2D eigenvalue weighted by atomic mass is 10.1. The van der Waals surface area contributed by atoms with E-state index in [1.807, 2.05) is 25.1 Å². The van der Waals surface area contributed by atoms with Crippen molar-refractivity contribution in [2.24, 2.45) is 0 Å². The van der Waals surface area contributed by atoms with E-state index in [9.17, 15) is 9.18 Å². The van der Waals surface area contributed by atoms with Crippen molar-refractivity contribution in [1.29, 1.82) is 0 Å². The van der Waals surface area contributed by atoms with Crippen LogP contribution in [-0.4, -0.2) is 11.9 Å². The van der Waals surface area contributed by atoms with E-state index in [2.05, 4.69) is 17.4 Å². The van der Waals surface area contributed by atoms with Crippen LogP contribution in [0.4, 0.5) is 4.39 Å². The maximum atomic E-state index is 13.6. The number of carbonyl (C=O) groups is 1. The molecule has 1 atom stereocenters. The fourth-order valence-corrected chi connectivity index (χ4v) is 2.45. The smallest absolute Gasteiger partial charge is 0.244 e. The first-order chi connectivity index (χ1) is 11.1. The monoisotopic (exact) mass is 331 g/mol. The molecule has 0 aliphatic rings. The first-order valence-corrected chi connectivity index (χ1v) is 7.90. The molecule has 0 radical (unpaired) electrons. The Balaban J connectivity index is 1.85. The molecule has 2 aromatic rings. The maximum absolute atomic E-state index is 13.6. The first kappa shape index (κ1) is 17.2. The topological polar surface area (TPSA) is 29.1 Å². The molecule has 0 fully saturated rings. The van der Waals surface area contributed by atoms with Crippen molar-refractivity contribution in [1.82, 2.24) is 5.32 Å². The minimum atomic E-state index is -0.446. The predicted molar refractivity (Wildman–Crippen MR) is 92.8 cm³/mol. The molecular weight excluding hydrogens is 313 g/mol. The van der Waals surface area contributed by atoms with E-state index in [0.29, 0.717) is 0 Å². The Morgan fingerprint density at radius 1 is 1.22 bits per heavy atom. The number of amides is 1. The van der Waals surface area contributed by atoms with Crippen LogP contribution in [0.25, 0.3) is 6.08 Å². The average molecular weight is 332 g/mol. The van der Waals surface area contributed by atoms with Gasteiger partial charge in [-0.1, -0.05) is 48.0 Å². The lowest BCUT2D eigenvalue weighted by Gasteiger charge is -2.12. The minimum absolute atomic E-state index is 0.0310. The van der Waals surface area contributed by atoms with Gasteiger partial charge in [0.1, 0.15) is 5.82 Å². The molecule has 0 saturated carbocycles. The van der Waals surface area contributed by atoms with Crippen LogP contribution in [0.2, 0.25) is 5.02 Å². The lowest BCUT2D eigenvalue weighted by Crippen LogP contribution is -2.31. The quantitative estimate of drug-likeness (QED) is 0.768. The van der Waals surface area contributed by atoms with Crippen molar-refractivity contribution in [2.75, 3.05) is 0 Å². The number of aryl methyl sites for hydroxylation is 1. The molecule has 4 heteroatoms. The summed E-state index contributed by atoms with van der Waals surface area (Å²) in [6, 6.07) is 14.6. The standard InChI is InChI=1S/C19H19ClFNO/c1-14(10-11-15-6-3-2-4-7-15)22-19(23)13-12-16-17(20)8-5-9-18(16)21/h2-9,12-14H,10-11H2,1H3,(H,22,23). The van der Waals surface area contributed by atoms with Gasteiger partial charge in [-0.05, 0) is 43.5 Å². The van der Waals surface area contributed by atoms with Gasteiger partial charge in [-0.3, -0.25) is 4.79 Å². The van der Waals surface area contributed by atoms with Gasteiger partial charge in [0.2, 0.25) is 5.91 Å². The molecule has 0 aliphatic carbocycles. The highest BCUT2D eigenvalue weighted by molar-refractivity contribution is 6.32. The zero-order valence-corrected chi connectivity index (χ0v) is 13.7. The Hall–Kier alpha value is -2.13. The molecule has 2 aromatic carbocycles. The fraction of sp³-hybridized carbons (Fsp3) is 0.211. The van der Waals surface area contributed by atoms with Crippen LogP contribution in [0.1, 0.15) is 24.5 Å². The summed E-state index contributed by atoms with van der Waals surface area (Å²) >= 11 is 5.91. The fourth-order valence-electron chi connectivity index (χ4n) is 2.22. The van der Waals surface area contributed by atoms with Crippen LogP contribution in [0.3, 0.4) is 0 Å². The van der Waals surface area contributed by atoms with E-state index in [4.69, 9.17) is 11.6 Å². The highest BCUT2D eigenvalue weighted by Gasteiger charge is 2.07. The molecule has 0 spiro atoms. The Morgan fingerprint density at radius 3 is 2.65 bits per heavy atom. The number of nitrogens with one attached hydrogen (secondary N) is 1. The molecule has 2 nitrogen and oxygen atoms in total. The second-order valence-corrected chi connectivity index (χ2v) is 5.81. The molecule has 23 heavy (non-hydrogen) atoms. The third kappa shape index (κ3) is 5.53. The SMILES string of the molecule is CC(CCc1ccccc1)NC(=O)C=Cc1c(F)cccc1Cl. The summed E-state index contributed by atoms with van der Waals surface area (Å²) < 4.78 is 13.6. The number of hydrogen-bond acceptors (Lipinski definition) is 1. The predicted octanol–water partition coefficient (Wildman–Crippen LogP) is 4.63. The van der Waals surface area contributed by atoms with Crippen LogP contribution in [0.15, 0.2) is 54.6 Å². The highest BCUT2D eigenvalue weighted by atomic mass is 35.5. The Kier molecular flexibility index (Phi) is 6.36. The van der Waals surface area contributed by atoms with E-state index in [1.54, 1.807) is 6.07 Å². The first-order valence-electron chi connectivity index (χ1n) is 7.53. The summed E-state index contributed by atoms with van der Waals surface area (Å²) in [6.07, 6.45) is 4.44. The van der Waals surface area contributed by atoms with Crippen LogP contribution in [0, 0.1) is 5.82 Å². The molecule has 0 aromatic heterocycles. The molecule has 0 heterocycles. The van der Waals surface area contributed by atoms with Crippen molar-refractivity contribution < 1.29 is 9.18 Å². The Bertz CT molecular complexity index is 665. The van der Waals surface area contributed by atoms with Crippen LogP contribution >= 0.6 is 11.6 Å². The third-order valence-electron chi connectivity index (χ3n) is 3.50. The van der Waals surface area contributed by atoms with E-state index >= 15 is 0 Å². The number of hydrogen-bond donors (Lipinski definition) is 1. The number of benzene rings is 2. The van der Waals surface area contributed by atoms with Crippen molar-refractivity contribution in [3.05, 3.63) is 76.6 Å². The summed E-state index contributed by atoms with van der Waals surface area (Å²) in [7, 11) is 0. The molecule has 2 rings (SSSR count). The van der Waals surface area contributed by atoms with Crippen molar-refractivity contribution in [3.63, 3.8) is 0 Å². The molecule has 0 saturated heterocycles. The Morgan fingerprint density at radius 2 is 1.96 bits per heavy atom. The highest BCUT2D eigenvalue weighted by Crippen LogP contribution is 2.20. The van der Waals surface area contributed by atoms with Crippen molar-refractivity contribution >= 4 is 23.6 Å². The van der Waals surface area contributed by atoms with Crippen molar-refractivity contribution in [3.8, 4) is 0 Å². The molecule has 1 amide bonds. The zero-order chi connectivity index (χ0) is 16.7. The molecule has 0 aliphatic heterocycles. The van der Waals surface area contributed by atoms with Crippen LogP contribution in [0.5, 0.6) is 0 Å². The molecule has 120 valence electrons. The van der Waals surface area contributed by atoms with Crippen LogP contribution < -0.4 is 5.32 Å². The lowest BCUT2D eigenvalue weighted by molar-refractivity contribution is -0.117.